The molecule has 0 bridgehead atoms. The van der Waals surface area contributed by atoms with Crippen LogP contribution in [0, 0.1) is 0 Å². The summed E-state index contributed by atoms with van der Waals surface area (Å²) in [7, 11) is 0. The van der Waals surface area contributed by atoms with Crippen molar-refractivity contribution in [3.05, 3.63) is 28.3 Å². The van der Waals surface area contributed by atoms with Crippen LogP contribution in [0.2, 0.25) is 0 Å². The van der Waals surface area contributed by atoms with E-state index in [0.717, 1.165) is 25.9 Å². The summed E-state index contributed by atoms with van der Waals surface area (Å²) in [6, 6.07) is 1.90. The molecule has 1 aliphatic heterocycles. The Morgan fingerprint density at radius 2 is 2.44 bits per heavy atom. The average Bonchev–Trinajstić information content (AvgIpc) is 2.86. The first-order chi connectivity index (χ1) is 8.69. The van der Waals surface area contributed by atoms with Gasteiger partial charge in [0.15, 0.2) is 5.75 Å². The lowest BCUT2D eigenvalue weighted by Gasteiger charge is -2.23. The minimum atomic E-state index is -0.383. The van der Waals surface area contributed by atoms with Gasteiger partial charge in [-0.05, 0) is 25.9 Å². The Morgan fingerprint density at radius 3 is 3.06 bits per heavy atom. The van der Waals surface area contributed by atoms with E-state index in [1.807, 2.05) is 0 Å². The summed E-state index contributed by atoms with van der Waals surface area (Å²) in [6.45, 7) is 5.65. The zero-order chi connectivity index (χ0) is 13.0. The van der Waals surface area contributed by atoms with Crippen molar-refractivity contribution in [3.8, 4) is 5.75 Å². The topological polar surface area (TPSA) is 65.7 Å². The molecule has 1 atom stereocenters. The summed E-state index contributed by atoms with van der Waals surface area (Å²) in [5.41, 5.74) is -0.383. The second-order valence-electron chi connectivity index (χ2n) is 4.72. The third-order valence-corrected chi connectivity index (χ3v) is 3.33. The number of rotatable bonds is 5. The zero-order valence-electron chi connectivity index (χ0n) is 10.7. The maximum absolute atomic E-state index is 11.3. The van der Waals surface area contributed by atoms with Crippen LogP contribution in [0.5, 0.6) is 5.75 Å². The molecule has 2 heterocycles. The molecular formula is C13H20N2O3. The summed E-state index contributed by atoms with van der Waals surface area (Å²) >= 11 is 0. The van der Waals surface area contributed by atoms with Gasteiger partial charge in [-0.2, -0.15) is 0 Å². The molecule has 0 aliphatic carbocycles. The molecule has 1 aliphatic rings. The van der Waals surface area contributed by atoms with Crippen LogP contribution in [0.1, 0.15) is 25.5 Å². The lowest BCUT2D eigenvalue weighted by molar-refractivity contribution is 0.230. The van der Waals surface area contributed by atoms with E-state index in [9.17, 15) is 4.79 Å². The predicted octanol–water partition coefficient (Wildman–Crippen LogP) is 0.919. The third kappa shape index (κ3) is 3.34. The molecule has 1 fully saturated rings. The number of likely N-dealkylation sites (N-methyl/N-ethyl adjacent to an activating group) is 1. The van der Waals surface area contributed by atoms with Gasteiger partial charge in [-0.3, -0.25) is 9.69 Å². The van der Waals surface area contributed by atoms with E-state index < -0.39 is 0 Å². The molecule has 0 spiro atoms. The maximum atomic E-state index is 11.3. The highest BCUT2D eigenvalue weighted by Crippen LogP contribution is 2.10. The molecule has 1 unspecified atom stereocenters. The summed E-state index contributed by atoms with van der Waals surface area (Å²) in [4.78, 5) is 13.5. The highest BCUT2D eigenvalue weighted by molar-refractivity contribution is 5.15. The molecule has 1 aromatic rings. The van der Waals surface area contributed by atoms with Crippen LogP contribution in [-0.4, -0.2) is 35.7 Å². The number of nitrogens with zero attached hydrogens (tertiary/aromatic N) is 1. The van der Waals surface area contributed by atoms with E-state index in [0.29, 0.717) is 18.3 Å². The second kappa shape index (κ2) is 6.02. The minimum Gasteiger partial charge on any atom is -0.502 e. The van der Waals surface area contributed by atoms with Crippen LogP contribution < -0.4 is 10.7 Å². The molecule has 2 N–H and O–H groups in total. The SMILES string of the molecule is CCN(Cc1cc(=O)c(O)co1)CC1CCCN1. The smallest absolute Gasteiger partial charge is 0.226 e. The molecule has 0 radical (unpaired) electrons. The van der Waals surface area contributed by atoms with Gasteiger partial charge in [0.05, 0.1) is 6.54 Å². The Hall–Kier alpha value is -1.33. The van der Waals surface area contributed by atoms with Crippen LogP contribution in [0.4, 0.5) is 0 Å². The quantitative estimate of drug-likeness (QED) is 0.815. The van der Waals surface area contributed by atoms with E-state index in [4.69, 9.17) is 9.52 Å². The van der Waals surface area contributed by atoms with Crippen LogP contribution in [0.3, 0.4) is 0 Å². The van der Waals surface area contributed by atoms with Gasteiger partial charge in [-0.25, -0.2) is 0 Å². The van der Waals surface area contributed by atoms with Gasteiger partial charge in [0, 0.05) is 18.7 Å². The van der Waals surface area contributed by atoms with Crippen LogP contribution in [-0.2, 0) is 6.54 Å². The van der Waals surface area contributed by atoms with Crippen molar-refractivity contribution >= 4 is 0 Å². The summed E-state index contributed by atoms with van der Waals surface area (Å²) < 4.78 is 5.22. The maximum Gasteiger partial charge on any atom is 0.226 e. The largest absolute Gasteiger partial charge is 0.502 e. The van der Waals surface area contributed by atoms with Gasteiger partial charge >= 0.3 is 0 Å². The molecular weight excluding hydrogens is 232 g/mol. The van der Waals surface area contributed by atoms with E-state index in [-0.39, 0.29) is 11.2 Å². The van der Waals surface area contributed by atoms with Crippen LogP contribution in [0.15, 0.2) is 21.5 Å². The van der Waals surface area contributed by atoms with Crippen molar-refractivity contribution in [2.45, 2.75) is 32.4 Å². The third-order valence-electron chi connectivity index (χ3n) is 3.33. The lowest BCUT2D eigenvalue weighted by Crippen LogP contribution is -2.37. The molecule has 1 saturated heterocycles. The Labute approximate surface area is 106 Å². The Morgan fingerprint density at radius 1 is 1.61 bits per heavy atom. The fraction of sp³-hybridized carbons (Fsp3) is 0.615. The standard InChI is InChI=1S/C13H20N2O3/c1-2-15(7-10-4-3-5-14-10)8-11-6-12(16)13(17)9-18-11/h6,9-10,14,17H,2-5,7-8H2,1H3. The fourth-order valence-electron chi connectivity index (χ4n) is 2.28. The summed E-state index contributed by atoms with van der Waals surface area (Å²) in [5, 5.41) is 12.6. The molecule has 0 amide bonds. The first-order valence-corrected chi connectivity index (χ1v) is 6.45. The van der Waals surface area contributed by atoms with E-state index in [1.165, 1.54) is 18.9 Å². The van der Waals surface area contributed by atoms with Gasteiger partial charge in [0.2, 0.25) is 5.43 Å². The molecule has 5 heteroatoms. The lowest BCUT2D eigenvalue weighted by atomic mass is 10.2. The first kappa shape index (κ1) is 13.1. The van der Waals surface area contributed by atoms with Crippen molar-refractivity contribution in [1.29, 1.82) is 0 Å². The fourth-order valence-corrected chi connectivity index (χ4v) is 2.28. The Bertz CT molecular complexity index is 438. The van der Waals surface area contributed by atoms with Crippen LogP contribution in [0.25, 0.3) is 0 Å². The Balaban J connectivity index is 1.96. The van der Waals surface area contributed by atoms with Gasteiger partial charge in [0.25, 0.3) is 0 Å². The second-order valence-corrected chi connectivity index (χ2v) is 4.72. The molecule has 2 rings (SSSR count). The number of hydrogen-bond acceptors (Lipinski definition) is 5. The summed E-state index contributed by atoms with van der Waals surface area (Å²) in [5.74, 6) is 0.261. The van der Waals surface area contributed by atoms with Gasteiger partial charge in [-0.15, -0.1) is 0 Å². The molecule has 0 aromatic carbocycles. The van der Waals surface area contributed by atoms with Gasteiger partial charge in [-0.1, -0.05) is 6.92 Å². The first-order valence-electron chi connectivity index (χ1n) is 6.45. The summed E-state index contributed by atoms with van der Waals surface area (Å²) in [6.07, 6.45) is 3.55. The predicted molar refractivity (Wildman–Crippen MR) is 68.6 cm³/mol. The minimum absolute atomic E-state index is 0.334. The van der Waals surface area contributed by atoms with E-state index in [2.05, 4.69) is 17.1 Å². The van der Waals surface area contributed by atoms with Crippen molar-refractivity contribution in [1.82, 2.24) is 10.2 Å². The van der Waals surface area contributed by atoms with Crippen molar-refractivity contribution in [2.75, 3.05) is 19.6 Å². The van der Waals surface area contributed by atoms with Crippen molar-refractivity contribution < 1.29 is 9.52 Å². The highest BCUT2D eigenvalue weighted by Gasteiger charge is 2.17. The highest BCUT2D eigenvalue weighted by atomic mass is 16.4. The number of aromatic hydroxyl groups is 1. The molecule has 0 saturated carbocycles. The van der Waals surface area contributed by atoms with Crippen LogP contribution >= 0.6 is 0 Å². The molecule has 5 nitrogen and oxygen atoms in total. The van der Waals surface area contributed by atoms with Gasteiger partial charge in [0.1, 0.15) is 12.0 Å². The molecule has 18 heavy (non-hydrogen) atoms. The monoisotopic (exact) mass is 252 g/mol. The van der Waals surface area contributed by atoms with Gasteiger partial charge < -0.3 is 14.8 Å². The number of hydrogen-bond donors (Lipinski definition) is 2. The van der Waals surface area contributed by atoms with Crippen molar-refractivity contribution in [2.24, 2.45) is 0 Å². The Kier molecular flexibility index (Phi) is 4.38. The molecule has 100 valence electrons. The van der Waals surface area contributed by atoms with Crippen molar-refractivity contribution in [3.63, 3.8) is 0 Å². The van der Waals surface area contributed by atoms with E-state index >= 15 is 0 Å². The average molecular weight is 252 g/mol. The van der Waals surface area contributed by atoms with E-state index in [1.54, 1.807) is 0 Å². The zero-order valence-corrected chi connectivity index (χ0v) is 10.7. The molecule has 1 aromatic heterocycles. The normalized spacial score (nSPS) is 19.6. The number of nitrogens with one attached hydrogen (secondary N) is 1.